The zero-order chi connectivity index (χ0) is 22.0. The van der Waals surface area contributed by atoms with Crippen LogP contribution in [-0.2, 0) is 11.3 Å². The number of fused-ring (bicyclic) bond motifs is 1. The number of hydrogen-bond donors (Lipinski definition) is 4. The number of aromatic amines is 1. The van der Waals surface area contributed by atoms with E-state index in [0.717, 1.165) is 12.1 Å². The Morgan fingerprint density at radius 1 is 0.968 bits per heavy atom. The topological polar surface area (TPSA) is 86.0 Å². The van der Waals surface area contributed by atoms with Crippen LogP contribution in [0, 0.1) is 17.5 Å². The average Bonchev–Trinajstić information content (AvgIpc) is 3.17. The van der Waals surface area contributed by atoms with E-state index in [1.54, 1.807) is 0 Å². The number of piperidine rings is 1. The summed E-state index contributed by atoms with van der Waals surface area (Å²) in [5.74, 6) is -2.82. The van der Waals surface area contributed by atoms with Crippen molar-refractivity contribution in [1.82, 2.24) is 20.9 Å². The normalized spacial score (nSPS) is 15.6. The van der Waals surface area contributed by atoms with Crippen LogP contribution in [-0.4, -0.2) is 35.4 Å². The molecule has 1 aliphatic rings. The number of rotatable bonds is 5. The van der Waals surface area contributed by atoms with E-state index in [0.29, 0.717) is 36.8 Å². The van der Waals surface area contributed by atoms with Crippen LogP contribution in [0.1, 0.15) is 28.9 Å². The lowest BCUT2D eigenvalue weighted by molar-refractivity contribution is -0.128. The zero-order valence-corrected chi connectivity index (χ0v) is 16.5. The number of carbonyl (C=O) groups is 2. The smallest absolute Gasteiger partial charge is 0.268 e. The molecule has 0 saturated carbocycles. The molecule has 0 spiro atoms. The van der Waals surface area contributed by atoms with Gasteiger partial charge in [0.1, 0.15) is 28.7 Å². The maximum Gasteiger partial charge on any atom is 0.268 e. The summed E-state index contributed by atoms with van der Waals surface area (Å²) in [7, 11) is 0. The molecule has 2 amide bonds. The number of halogens is 3. The molecule has 9 heteroatoms. The van der Waals surface area contributed by atoms with Crippen LogP contribution in [0.4, 0.5) is 13.2 Å². The minimum atomic E-state index is -1.19. The van der Waals surface area contributed by atoms with Gasteiger partial charge in [-0.1, -0.05) is 6.07 Å². The molecule has 1 saturated heterocycles. The van der Waals surface area contributed by atoms with Crippen molar-refractivity contribution in [2.24, 2.45) is 0 Å². The van der Waals surface area contributed by atoms with Crippen LogP contribution in [0.25, 0.3) is 10.9 Å². The lowest BCUT2D eigenvalue weighted by atomic mass is 9.87. The van der Waals surface area contributed by atoms with Gasteiger partial charge < -0.3 is 20.9 Å². The molecule has 0 unspecified atom stereocenters. The van der Waals surface area contributed by atoms with E-state index in [1.807, 2.05) is 0 Å². The van der Waals surface area contributed by atoms with Crippen molar-refractivity contribution in [3.8, 4) is 0 Å². The first-order chi connectivity index (χ1) is 14.9. The van der Waals surface area contributed by atoms with Gasteiger partial charge >= 0.3 is 0 Å². The molecule has 4 rings (SSSR count). The van der Waals surface area contributed by atoms with Gasteiger partial charge in [-0.2, -0.15) is 0 Å². The maximum atomic E-state index is 13.9. The molecule has 31 heavy (non-hydrogen) atoms. The fraction of sp³-hybridized carbons (Fsp3) is 0.273. The number of hydrogen-bond acceptors (Lipinski definition) is 3. The number of carbonyl (C=O) groups excluding carboxylic acids is 2. The summed E-state index contributed by atoms with van der Waals surface area (Å²) in [5, 5.41) is 9.16. The molecule has 1 aliphatic heterocycles. The van der Waals surface area contributed by atoms with Gasteiger partial charge in [-0.3, -0.25) is 9.59 Å². The summed E-state index contributed by atoms with van der Waals surface area (Å²) in [6.07, 6.45) is 0.677. The van der Waals surface area contributed by atoms with E-state index in [9.17, 15) is 22.8 Å². The number of amides is 2. The first-order valence-corrected chi connectivity index (χ1v) is 9.90. The molecule has 1 fully saturated rings. The summed E-state index contributed by atoms with van der Waals surface area (Å²) in [4.78, 5) is 28.9. The summed E-state index contributed by atoms with van der Waals surface area (Å²) < 4.78 is 40.4. The van der Waals surface area contributed by atoms with Crippen molar-refractivity contribution >= 4 is 22.7 Å². The van der Waals surface area contributed by atoms with E-state index in [2.05, 4.69) is 20.9 Å². The first kappa shape index (κ1) is 20.9. The highest BCUT2D eigenvalue weighted by Gasteiger charge is 2.41. The van der Waals surface area contributed by atoms with Gasteiger partial charge in [0.2, 0.25) is 5.91 Å². The summed E-state index contributed by atoms with van der Waals surface area (Å²) in [5.41, 5.74) is -0.248. The molecular weight excluding hydrogens is 409 g/mol. The van der Waals surface area contributed by atoms with E-state index < -0.39 is 34.8 Å². The third kappa shape index (κ3) is 4.41. The molecule has 2 aromatic carbocycles. The quantitative estimate of drug-likeness (QED) is 0.502. The lowest BCUT2D eigenvalue weighted by Gasteiger charge is -2.36. The molecule has 0 bridgehead atoms. The molecule has 0 aliphatic carbocycles. The van der Waals surface area contributed by atoms with E-state index >= 15 is 0 Å². The van der Waals surface area contributed by atoms with Crippen molar-refractivity contribution in [2.45, 2.75) is 24.9 Å². The standard InChI is InChI=1S/C22H21F3N4O2/c23-15-3-4-18-14(9-15)10-19(28-18)20(30)29-22(5-7-26-8-6-22)21(31)27-12-13-1-2-16(24)11-17(13)25/h1-4,9-11,26,28H,5-8,12H2,(H,27,31)(H,29,30). The molecule has 4 N–H and O–H groups in total. The highest BCUT2D eigenvalue weighted by molar-refractivity contribution is 6.01. The van der Waals surface area contributed by atoms with Crippen molar-refractivity contribution in [2.75, 3.05) is 13.1 Å². The van der Waals surface area contributed by atoms with Crippen molar-refractivity contribution in [3.63, 3.8) is 0 Å². The second kappa shape index (κ2) is 8.43. The van der Waals surface area contributed by atoms with Crippen molar-refractivity contribution in [1.29, 1.82) is 0 Å². The highest BCUT2D eigenvalue weighted by atomic mass is 19.1. The summed E-state index contributed by atoms with van der Waals surface area (Å²) in [6.45, 7) is 0.884. The van der Waals surface area contributed by atoms with Gasteiger partial charge in [0.25, 0.3) is 5.91 Å². The Morgan fingerprint density at radius 2 is 1.68 bits per heavy atom. The molecule has 162 valence electrons. The van der Waals surface area contributed by atoms with Crippen LogP contribution in [0.3, 0.4) is 0 Å². The minimum Gasteiger partial charge on any atom is -0.351 e. The van der Waals surface area contributed by atoms with Crippen LogP contribution >= 0.6 is 0 Å². The molecule has 1 aromatic heterocycles. The van der Waals surface area contributed by atoms with Gasteiger partial charge in [-0.15, -0.1) is 0 Å². The van der Waals surface area contributed by atoms with Gasteiger partial charge in [0, 0.05) is 29.1 Å². The van der Waals surface area contributed by atoms with Gasteiger partial charge in [0.15, 0.2) is 0 Å². The number of aromatic nitrogens is 1. The Kier molecular flexibility index (Phi) is 5.69. The average molecular weight is 430 g/mol. The Hall–Kier alpha value is -3.33. The predicted molar refractivity (Wildman–Crippen MR) is 109 cm³/mol. The van der Waals surface area contributed by atoms with Crippen LogP contribution in [0.2, 0.25) is 0 Å². The number of H-pyrrole nitrogens is 1. The Bertz CT molecular complexity index is 1140. The van der Waals surface area contributed by atoms with Gasteiger partial charge in [-0.05, 0) is 56.3 Å². The van der Waals surface area contributed by atoms with Crippen LogP contribution in [0.15, 0.2) is 42.5 Å². The van der Waals surface area contributed by atoms with Crippen molar-refractivity contribution < 1.29 is 22.8 Å². The largest absolute Gasteiger partial charge is 0.351 e. The van der Waals surface area contributed by atoms with E-state index in [1.165, 1.54) is 30.3 Å². The molecule has 0 atom stereocenters. The monoisotopic (exact) mass is 430 g/mol. The van der Waals surface area contributed by atoms with Gasteiger partial charge in [0.05, 0.1) is 0 Å². The van der Waals surface area contributed by atoms with E-state index in [-0.39, 0.29) is 17.8 Å². The molecule has 2 heterocycles. The fourth-order valence-electron chi connectivity index (χ4n) is 3.78. The Labute approximate surface area is 176 Å². The second-order valence-electron chi connectivity index (χ2n) is 7.62. The fourth-order valence-corrected chi connectivity index (χ4v) is 3.78. The summed E-state index contributed by atoms with van der Waals surface area (Å²) in [6, 6.07) is 8.79. The van der Waals surface area contributed by atoms with Crippen LogP contribution in [0.5, 0.6) is 0 Å². The Morgan fingerprint density at radius 3 is 2.42 bits per heavy atom. The Balaban J connectivity index is 1.52. The van der Waals surface area contributed by atoms with Gasteiger partial charge in [-0.25, -0.2) is 13.2 Å². The molecule has 0 radical (unpaired) electrons. The molecule has 6 nitrogen and oxygen atoms in total. The SMILES string of the molecule is O=C(NC1(C(=O)NCc2ccc(F)cc2F)CCNCC1)c1cc2cc(F)ccc2[nH]1. The number of nitrogens with one attached hydrogen (secondary N) is 4. The zero-order valence-electron chi connectivity index (χ0n) is 16.5. The molecular formula is C22H21F3N4O2. The third-order valence-corrected chi connectivity index (χ3v) is 5.53. The first-order valence-electron chi connectivity index (χ1n) is 9.90. The number of benzene rings is 2. The predicted octanol–water partition coefficient (Wildman–Crippen LogP) is 2.75. The highest BCUT2D eigenvalue weighted by Crippen LogP contribution is 2.22. The minimum absolute atomic E-state index is 0.137. The van der Waals surface area contributed by atoms with Crippen LogP contribution < -0.4 is 16.0 Å². The van der Waals surface area contributed by atoms with Crippen molar-refractivity contribution in [3.05, 3.63) is 71.2 Å². The summed E-state index contributed by atoms with van der Waals surface area (Å²) >= 11 is 0. The second-order valence-corrected chi connectivity index (χ2v) is 7.62. The molecule has 3 aromatic rings. The third-order valence-electron chi connectivity index (χ3n) is 5.53. The maximum absolute atomic E-state index is 13.9. The lowest BCUT2D eigenvalue weighted by Crippen LogP contribution is -2.62. The van der Waals surface area contributed by atoms with E-state index in [4.69, 9.17) is 0 Å².